The Morgan fingerprint density at radius 1 is 0.146 bits per heavy atom. The third-order valence-electron chi connectivity index (χ3n) is 28.8. The molecular weight excluding hydrogens is 1780 g/mol. The number of furan rings is 4. The second-order valence-corrected chi connectivity index (χ2v) is 37.9. The van der Waals surface area contributed by atoms with Crippen LogP contribution in [0.5, 0.6) is 0 Å². The average Bonchev–Trinajstić information content (AvgIpc) is 1.57. The van der Waals surface area contributed by atoms with E-state index in [2.05, 4.69) is 488 Å². The topological polar surface area (TPSA) is 82.0 Å². The Bertz CT molecular complexity index is 10100. The highest BCUT2D eigenvalue weighted by Crippen LogP contribution is 2.52. The van der Waals surface area contributed by atoms with Crippen LogP contribution in [-0.4, -0.2) is 18.3 Å². The van der Waals surface area contributed by atoms with Crippen LogP contribution in [0.4, 0.5) is 51.2 Å². The Labute approximate surface area is 828 Å². The molecule has 0 N–H and O–H groups in total. The molecule has 0 aliphatic rings. The van der Waals surface area contributed by atoms with Crippen molar-refractivity contribution in [2.45, 2.75) is 0 Å². The highest BCUT2D eigenvalue weighted by atomic mass is 32.1. The minimum absolute atomic E-state index is 0.884. The zero-order valence-corrected chi connectivity index (χ0v) is 78.4. The lowest BCUT2D eigenvalue weighted by Crippen LogP contribution is -2.10. The molecule has 0 bridgehead atoms. The van der Waals surface area contributed by atoms with Gasteiger partial charge in [-0.2, -0.15) is 0 Å². The Kier molecular flexibility index (Phi) is 19.0. The zero-order valence-electron chi connectivity index (χ0n) is 77.6. The van der Waals surface area contributed by atoms with Gasteiger partial charge in [-0.25, -0.2) is 0 Å². The van der Waals surface area contributed by atoms with Crippen molar-refractivity contribution in [2.24, 2.45) is 0 Å². The molecule has 0 aliphatic carbocycles. The van der Waals surface area contributed by atoms with Gasteiger partial charge < -0.3 is 50.6 Å². The molecule has 31 aromatic rings. The van der Waals surface area contributed by atoms with E-state index in [1.165, 1.54) is 79.8 Å². The first kappa shape index (κ1) is 82.0. The zero-order chi connectivity index (χ0) is 94.6. The first-order valence-electron chi connectivity index (χ1n) is 48.7. The van der Waals surface area contributed by atoms with Crippen LogP contribution >= 0.6 is 11.3 Å². The van der Waals surface area contributed by atoms with E-state index in [4.69, 9.17) is 17.7 Å². The van der Waals surface area contributed by atoms with Gasteiger partial charge in [-0.3, -0.25) is 0 Å². The molecule has 31 rings (SSSR count). The van der Waals surface area contributed by atoms with Gasteiger partial charge >= 0.3 is 0 Å². The van der Waals surface area contributed by atoms with Crippen molar-refractivity contribution in [2.75, 3.05) is 14.7 Å². The van der Waals surface area contributed by atoms with E-state index < -0.39 is 0 Å². The fourth-order valence-corrected chi connectivity index (χ4v) is 23.7. The molecular formula is C132H83N7O4S. The normalized spacial score (nSPS) is 11.9. The molecule has 11 nitrogen and oxygen atoms in total. The standard InChI is InChI=1S/C48H31N3O.C42H26N2O2.C42H26N2OS/c1-2-13-32(14-3-1)49(33-25-27-34(28-26-33)50-41-19-8-4-15-36(41)37-16-5-9-20-42(37)50)44-22-12-23-45-48(44)39-18-6-10-21-43(39)51(45)35-29-30-47-40(31-35)38-17-7-11-24-46(38)52-47;1-2-11-27(12-3-1)43(28-21-23-40-33(25-28)30-13-5-8-19-38(30)45-40)36-17-10-18-37-42(36)32-15-4-7-16-35(32)44(37)29-22-24-41-34(26-29)31-14-6-9-20-39(31)46-41;1-2-11-27(12-3-1)43(28-22-24-41-34(26-28)31-14-6-9-20-40(31)46-41)36-17-10-18-37-42(36)32-15-4-7-16-35(32)44(37)29-21-23-39-33(25-29)30-13-5-8-19-38(30)45-39/h1-31H;2*1-26H. The van der Waals surface area contributed by atoms with Crippen LogP contribution in [0.2, 0.25) is 0 Å². The van der Waals surface area contributed by atoms with Gasteiger partial charge in [-0.05, 0) is 249 Å². The Morgan fingerprint density at radius 2 is 0.389 bits per heavy atom. The maximum absolute atomic E-state index is 6.20. The van der Waals surface area contributed by atoms with Crippen molar-refractivity contribution in [1.29, 1.82) is 0 Å². The monoisotopic (exact) mass is 1860 g/mol. The fourth-order valence-electron chi connectivity index (χ4n) is 22.6. The predicted octanol–water partition coefficient (Wildman–Crippen LogP) is 37.8. The molecule has 12 heteroatoms. The first-order chi connectivity index (χ1) is 71.4. The quantitative estimate of drug-likeness (QED) is 0.114. The number of rotatable bonds is 13. The van der Waals surface area contributed by atoms with E-state index in [1.54, 1.807) is 0 Å². The average molecular weight is 1860 g/mol. The van der Waals surface area contributed by atoms with Gasteiger partial charge in [-0.1, -0.05) is 255 Å². The number of benzene rings is 22. The summed E-state index contributed by atoms with van der Waals surface area (Å²) >= 11 is 1.85. The minimum Gasteiger partial charge on any atom is -0.456 e. The van der Waals surface area contributed by atoms with E-state index in [0.29, 0.717) is 0 Å². The number of nitrogens with zero attached hydrogens (tertiary/aromatic N) is 7. The number of thiophene rings is 1. The van der Waals surface area contributed by atoms with Crippen molar-refractivity contribution in [1.82, 2.24) is 18.3 Å². The molecule has 9 aromatic heterocycles. The lowest BCUT2D eigenvalue weighted by molar-refractivity contribution is 0.668. The van der Waals surface area contributed by atoms with E-state index in [-0.39, 0.29) is 0 Å². The van der Waals surface area contributed by atoms with Crippen molar-refractivity contribution in [3.05, 3.63) is 504 Å². The van der Waals surface area contributed by atoms with Crippen LogP contribution in [0, 0.1) is 0 Å². The van der Waals surface area contributed by atoms with Gasteiger partial charge in [0.1, 0.15) is 44.7 Å². The summed E-state index contributed by atoms with van der Waals surface area (Å²) in [5.74, 6) is 0. The minimum atomic E-state index is 0.884. The summed E-state index contributed by atoms with van der Waals surface area (Å²) in [6.45, 7) is 0. The summed E-state index contributed by atoms with van der Waals surface area (Å²) in [4.78, 5) is 7.17. The molecule has 0 atom stereocenters. The molecule has 0 amide bonds. The summed E-state index contributed by atoms with van der Waals surface area (Å²) in [7, 11) is 0. The van der Waals surface area contributed by atoms with Crippen LogP contribution in [0.1, 0.15) is 0 Å². The Morgan fingerprint density at radius 3 is 0.771 bits per heavy atom. The van der Waals surface area contributed by atoms with E-state index >= 15 is 0 Å². The molecule has 0 spiro atoms. The van der Waals surface area contributed by atoms with Crippen LogP contribution in [0.25, 0.3) is 218 Å². The number of para-hydroxylation sites is 12. The van der Waals surface area contributed by atoms with Gasteiger partial charge in [-0.15, -0.1) is 11.3 Å². The molecule has 0 unspecified atom stereocenters. The van der Waals surface area contributed by atoms with Gasteiger partial charge in [0.05, 0.1) is 61.2 Å². The lowest BCUT2D eigenvalue weighted by Gasteiger charge is -2.27. The third-order valence-corrected chi connectivity index (χ3v) is 30.0. The molecule has 22 aromatic carbocycles. The van der Waals surface area contributed by atoms with Gasteiger partial charge in [0.15, 0.2) is 0 Å². The number of hydrogen-bond acceptors (Lipinski definition) is 8. The van der Waals surface area contributed by atoms with Crippen molar-refractivity contribution >= 4 is 258 Å². The molecule has 9 heterocycles. The predicted molar refractivity (Wildman–Crippen MR) is 603 cm³/mol. The third kappa shape index (κ3) is 13.2. The first-order valence-corrected chi connectivity index (χ1v) is 49.6. The van der Waals surface area contributed by atoms with Crippen LogP contribution < -0.4 is 14.7 Å². The highest BCUT2D eigenvalue weighted by molar-refractivity contribution is 7.25. The van der Waals surface area contributed by atoms with Crippen LogP contribution in [0.3, 0.4) is 0 Å². The van der Waals surface area contributed by atoms with E-state index in [0.717, 1.165) is 189 Å². The molecule has 676 valence electrons. The van der Waals surface area contributed by atoms with Crippen molar-refractivity contribution < 1.29 is 17.7 Å². The van der Waals surface area contributed by atoms with Crippen molar-refractivity contribution in [3.8, 4) is 22.7 Å². The lowest BCUT2D eigenvalue weighted by atomic mass is 10.1. The Balaban J connectivity index is 0.000000103. The summed E-state index contributed by atoms with van der Waals surface area (Å²) in [5.41, 5.74) is 31.0. The summed E-state index contributed by atoms with van der Waals surface area (Å²) in [6, 6.07) is 179. The number of anilines is 9. The fraction of sp³-hybridized carbons (Fsp3) is 0. The number of hydrogen-bond donors (Lipinski definition) is 0. The van der Waals surface area contributed by atoms with E-state index in [1.807, 2.05) is 59.9 Å². The Hall–Kier alpha value is -19.1. The van der Waals surface area contributed by atoms with Gasteiger partial charge in [0, 0.05) is 163 Å². The SMILES string of the molecule is c1ccc(N(c2ccc(-n3c4ccccc4c4ccccc43)cc2)c2cccc3c2c2ccccc2n3-c2ccc3oc4ccccc4c3c2)cc1.c1ccc(N(c2ccc3oc4ccccc4c3c2)c2cccc3c2c2ccccc2n3-c2ccc3oc4ccccc4c3c2)cc1.c1ccc(N(c2ccc3sc4ccccc4c3c2)c2cccc3c2c2ccccc2n3-c2ccc3oc4ccccc4c3c2)cc1. The number of fused-ring (bicyclic) bond motifs is 27. The van der Waals surface area contributed by atoms with Crippen molar-refractivity contribution in [3.63, 3.8) is 0 Å². The second-order valence-electron chi connectivity index (χ2n) is 36.9. The molecule has 0 aliphatic heterocycles. The molecule has 0 radical (unpaired) electrons. The highest BCUT2D eigenvalue weighted by Gasteiger charge is 2.29. The molecule has 0 saturated carbocycles. The summed E-state index contributed by atoms with van der Waals surface area (Å²) in [6.07, 6.45) is 0. The second kappa shape index (κ2) is 33.3. The molecule has 0 saturated heterocycles. The summed E-state index contributed by atoms with van der Waals surface area (Å²) in [5, 5.41) is 21.3. The smallest absolute Gasteiger partial charge is 0.135 e. The molecule has 144 heavy (non-hydrogen) atoms. The van der Waals surface area contributed by atoms with Crippen LogP contribution in [-0.2, 0) is 0 Å². The maximum atomic E-state index is 6.20. The maximum Gasteiger partial charge on any atom is 0.135 e. The van der Waals surface area contributed by atoms with Gasteiger partial charge in [0.2, 0.25) is 0 Å². The van der Waals surface area contributed by atoms with Crippen LogP contribution in [0.15, 0.2) is 521 Å². The summed E-state index contributed by atoms with van der Waals surface area (Å²) < 4.78 is 36.9. The largest absolute Gasteiger partial charge is 0.456 e. The number of aromatic nitrogens is 4. The van der Waals surface area contributed by atoms with E-state index in [9.17, 15) is 0 Å². The molecule has 0 fully saturated rings. The van der Waals surface area contributed by atoms with Gasteiger partial charge in [0.25, 0.3) is 0 Å².